The van der Waals surface area contributed by atoms with E-state index in [4.69, 9.17) is 5.73 Å². The second-order valence-corrected chi connectivity index (χ2v) is 5.05. The van der Waals surface area contributed by atoms with Gasteiger partial charge in [0.1, 0.15) is 0 Å². The summed E-state index contributed by atoms with van der Waals surface area (Å²) in [7, 11) is 0. The molecule has 2 aliphatic rings. The van der Waals surface area contributed by atoms with Gasteiger partial charge in [0.15, 0.2) is 0 Å². The maximum absolute atomic E-state index is 9.21. The molecule has 2 saturated carbocycles. The van der Waals surface area contributed by atoms with Gasteiger partial charge in [-0.05, 0) is 31.6 Å². The van der Waals surface area contributed by atoms with Crippen LogP contribution >= 0.6 is 0 Å². The fourth-order valence-corrected chi connectivity index (χ4v) is 3.02. The second kappa shape index (κ2) is 3.90. The fraction of sp³-hybridized carbons (Fsp3) is 0.917. The molecule has 0 aromatic heterocycles. The highest BCUT2D eigenvalue weighted by atomic mass is 14.7. The molecule has 0 bridgehead atoms. The third-order valence-electron chi connectivity index (χ3n) is 4.26. The molecule has 1 atom stereocenters. The quantitative estimate of drug-likeness (QED) is 0.731. The fourth-order valence-electron chi connectivity index (χ4n) is 3.02. The van der Waals surface area contributed by atoms with Crippen molar-refractivity contribution in [1.29, 1.82) is 5.26 Å². The Morgan fingerprint density at radius 2 is 1.79 bits per heavy atom. The van der Waals surface area contributed by atoms with E-state index in [2.05, 4.69) is 6.07 Å². The van der Waals surface area contributed by atoms with Crippen molar-refractivity contribution in [3.63, 3.8) is 0 Å². The topological polar surface area (TPSA) is 49.8 Å². The van der Waals surface area contributed by atoms with Crippen LogP contribution in [-0.4, -0.2) is 6.04 Å². The van der Waals surface area contributed by atoms with Crippen LogP contribution in [0.3, 0.4) is 0 Å². The molecule has 0 saturated heterocycles. The monoisotopic (exact) mass is 192 g/mol. The molecule has 2 heteroatoms. The lowest BCUT2D eigenvalue weighted by molar-refractivity contribution is 0.110. The molecule has 0 aliphatic heterocycles. The Hall–Kier alpha value is -0.550. The van der Waals surface area contributed by atoms with E-state index in [9.17, 15) is 5.26 Å². The highest BCUT2D eigenvalue weighted by Crippen LogP contribution is 2.46. The minimum Gasteiger partial charge on any atom is -0.326 e. The SMILES string of the molecule is N#CC1(C(N)C2CCCCC2)CCC1. The Bertz CT molecular complexity index is 231. The van der Waals surface area contributed by atoms with Crippen molar-refractivity contribution in [3.8, 4) is 6.07 Å². The molecule has 0 heterocycles. The lowest BCUT2D eigenvalue weighted by Gasteiger charge is -2.44. The van der Waals surface area contributed by atoms with E-state index in [1.165, 1.54) is 38.5 Å². The maximum atomic E-state index is 9.21. The molecule has 2 fully saturated rings. The first kappa shape index (κ1) is 9.98. The lowest BCUT2D eigenvalue weighted by Crippen LogP contribution is -2.50. The van der Waals surface area contributed by atoms with Gasteiger partial charge in [-0.3, -0.25) is 0 Å². The largest absolute Gasteiger partial charge is 0.326 e. The first-order valence-electron chi connectivity index (χ1n) is 5.95. The number of nitrogens with two attached hydrogens (primary N) is 1. The van der Waals surface area contributed by atoms with E-state index < -0.39 is 0 Å². The molecule has 0 spiro atoms. The lowest BCUT2D eigenvalue weighted by atomic mass is 9.60. The highest BCUT2D eigenvalue weighted by Gasteiger charge is 2.45. The molecule has 78 valence electrons. The third-order valence-corrected chi connectivity index (χ3v) is 4.26. The number of nitriles is 1. The molecule has 0 aromatic carbocycles. The van der Waals surface area contributed by atoms with Gasteiger partial charge in [-0.15, -0.1) is 0 Å². The van der Waals surface area contributed by atoms with E-state index in [1.807, 2.05) is 0 Å². The smallest absolute Gasteiger partial charge is 0.0727 e. The summed E-state index contributed by atoms with van der Waals surface area (Å²) in [5.74, 6) is 0.628. The van der Waals surface area contributed by atoms with Crippen molar-refractivity contribution in [2.45, 2.75) is 57.4 Å². The normalized spacial score (nSPS) is 28.9. The molecule has 0 amide bonds. The van der Waals surface area contributed by atoms with E-state index in [-0.39, 0.29) is 11.5 Å². The Labute approximate surface area is 86.5 Å². The minimum absolute atomic E-state index is 0.137. The van der Waals surface area contributed by atoms with Gasteiger partial charge in [0, 0.05) is 6.04 Å². The van der Waals surface area contributed by atoms with Gasteiger partial charge in [0.25, 0.3) is 0 Å². The molecule has 14 heavy (non-hydrogen) atoms. The van der Waals surface area contributed by atoms with E-state index in [0.717, 1.165) is 12.8 Å². The van der Waals surface area contributed by atoms with Gasteiger partial charge < -0.3 is 5.73 Å². The predicted octanol–water partition coefficient (Wildman–Crippen LogP) is 2.59. The van der Waals surface area contributed by atoms with Crippen LogP contribution in [0.4, 0.5) is 0 Å². The first-order chi connectivity index (χ1) is 6.78. The Morgan fingerprint density at radius 3 is 2.21 bits per heavy atom. The van der Waals surface area contributed by atoms with Gasteiger partial charge in [0.05, 0.1) is 11.5 Å². The van der Waals surface area contributed by atoms with Crippen LogP contribution in [0.5, 0.6) is 0 Å². The van der Waals surface area contributed by atoms with E-state index in [0.29, 0.717) is 5.92 Å². The van der Waals surface area contributed by atoms with Crippen molar-refractivity contribution in [2.24, 2.45) is 17.1 Å². The van der Waals surface area contributed by atoms with Gasteiger partial charge in [-0.1, -0.05) is 25.7 Å². The highest BCUT2D eigenvalue weighted by molar-refractivity contribution is 5.11. The van der Waals surface area contributed by atoms with Crippen molar-refractivity contribution < 1.29 is 0 Å². The summed E-state index contributed by atoms with van der Waals surface area (Å²) >= 11 is 0. The Morgan fingerprint density at radius 1 is 1.14 bits per heavy atom. The number of hydrogen-bond donors (Lipinski definition) is 1. The second-order valence-electron chi connectivity index (χ2n) is 5.05. The van der Waals surface area contributed by atoms with Crippen LogP contribution in [-0.2, 0) is 0 Å². The minimum atomic E-state index is -0.137. The molecule has 2 N–H and O–H groups in total. The molecule has 2 aliphatic carbocycles. The zero-order valence-electron chi connectivity index (χ0n) is 8.84. The molecule has 2 rings (SSSR count). The zero-order chi connectivity index (χ0) is 10.0. The van der Waals surface area contributed by atoms with Crippen LogP contribution in [0.1, 0.15) is 51.4 Å². The molecule has 1 unspecified atom stereocenters. The number of nitrogens with zero attached hydrogens (tertiary/aromatic N) is 1. The summed E-state index contributed by atoms with van der Waals surface area (Å²) in [6.07, 6.45) is 9.80. The first-order valence-corrected chi connectivity index (χ1v) is 5.95. The summed E-state index contributed by atoms with van der Waals surface area (Å²) in [6, 6.07) is 2.64. The molecule has 0 aromatic rings. The van der Waals surface area contributed by atoms with Crippen LogP contribution in [0.25, 0.3) is 0 Å². The Balaban J connectivity index is 1.99. The van der Waals surface area contributed by atoms with Crippen molar-refractivity contribution in [2.75, 3.05) is 0 Å². The van der Waals surface area contributed by atoms with Crippen molar-refractivity contribution >= 4 is 0 Å². The van der Waals surface area contributed by atoms with Crippen molar-refractivity contribution in [1.82, 2.24) is 0 Å². The molecule has 2 nitrogen and oxygen atoms in total. The van der Waals surface area contributed by atoms with Gasteiger partial charge in [0.2, 0.25) is 0 Å². The van der Waals surface area contributed by atoms with Crippen molar-refractivity contribution in [3.05, 3.63) is 0 Å². The number of rotatable bonds is 2. The van der Waals surface area contributed by atoms with E-state index in [1.54, 1.807) is 0 Å². The summed E-state index contributed by atoms with van der Waals surface area (Å²) < 4.78 is 0. The average Bonchev–Trinajstić information content (AvgIpc) is 2.18. The standard InChI is InChI=1S/C12H20N2/c13-9-12(7-4-8-12)11(14)10-5-2-1-3-6-10/h10-11H,1-8,14H2. The summed E-state index contributed by atoms with van der Waals surface area (Å²) in [5, 5.41) is 9.21. The van der Waals surface area contributed by atoms with Crippen LogP contribution in [0.15, 0.2) is 0 Å². The van der Waals surface area contributed by atoms with Crippen LogP contribution < -0.4 is 5.73 Å². The maximum Gasteiger partial charge on any atom is 0.0727 e. The summed E-state index contributed by atoms with van der Waals surface area (Å²) in [5.41, 5.74) is 6.14. The zero-order valence-corrected chi connectivity index (χ0v) is 8.84. The van der Waals surface area contributed by atoms with Gasteiger partial charge >= 0.3 is 0 Å². The van der Waals surface area contributed by atoms with Crippen LogP contribution in [0, 0.1) is 22.7 Å². The summed E-state index contributed by atoms with van der Waals surface area (Å²) in [6.45, 7) is 0. The molecular weight excluding hydrogens is 172 g/mol. The third kappa shape index (κ3) is 1.54. The van der Waals surface area contributed by atoms with Crippen LogP contribution in [0.2, 0.25) is 0 Å². The van der Waals surface area contributed by atoms with Gasteiger partial charge in [-0.25, -0.2) is 0 Å². The molecule has 0 radical (unpaired) electrons. The average molecular weight is 192 g/mol. The van der Waals surface area contributed by atoms with Gasteiger partial charge in [-0.2, -0.15) is 5.26 Å². The summed E-state index contributed by atoms with van der Waals surface area (Å²) in [4.78, 5) is 0. The Kier molecular flexibility index (Phi) is 2.78. The number of hydrogen-bond acceptors (Lipinski definition) is 2. The van der Waals surface area contributed by atoms with E-state index >= 15 is 0 Å². The predicted molar refractivity (Wildman–Crippen MR) is 56.4 cm³/mol. The molecular formula is C12H20N2.